The number of aromatic nitrogens is 4. The molecule has 0 saturated heterocycles. The zero-order chi connectivity index (χ0) is 15.1. The molecule has 3 heterocycles. The highest BCUT2D eigenvalue weighted by Crippen LogP contribution is 2.26. The molecular formula is C16H11FN4O. The van der Waals surface area contributed by atoms with Gasteiger partial charge in [0.1, 0.15) is 5.69 Å². The van der Waals surface area contributed by atoms with Crippen LogP contribution in [0.3, 0.4) is 0 Å². The van der Waals surface area contributed by atoms with Gasteiger partial charge in [-0.3, -0.25) is 4.40 Å². The van der Waals surface area contributed by atoms with E-state index in [1.165, 1.54) is 13.2 Å². The van der Waals surface area contributed by atoms with Crippen LogP contribution in [0.2, 0.25) is 0 Å². The summed E-state index contributed by atoms with van der Waals surface area (Å²) >= 11 is 0. The largest absolute Gasteiger partial charge is 0.494 e. The van der Waals surface area contributed by atoms with Crippen molar-refractivity contribution in [2.45, 2.75) is 0 Å². The molecule has 0 fully saturated rings. The Labute approximate surface area is 125 Å². The lowest BCUT2D eigenvalue weighted by molar-refractivity contribution is 0.387. The smallest absolute Gasteiger partial charge is 0.187 e. The van der Waals surface area contributed by atoms with E-state index in [1.807, 2.05) is 34.9 Å². The molecule has 22 heavy (non-hydrogen) atoms. The third kappa shape index (κ3) is 1.88. The summed E-state index contributed by atoms with van der Waals surface area (Å²) in [4.78, 5) is 4.55. The van der Waals surface area contributed by atoms with Crippen molar-refractivity contribution in [3.63, 3.8) is 0 Å². The lowest BCUT2D eigenvalue weighted by Gasteiger charge is -2.05. The van der Waals surface area contributed by atoms with Gasteiger partial charge in [0.05, 0.1) is 12.6 Å². The first-order valence-electron chi connectivity index (χ1n) is 6.71. The van der Waals surface area contributed by atoms with Gasteiger partial charge in [0.15, 0.2) is 23.0 Å². The summed E-state index contributed by atoms with van der Waals surface area (Å²) in [5.41, 5.74) is 2.05. The molecule has 3 aromatic heterocycles. The molecule has 0 spiro atoms. The van der Waals surface area contributed by atoms with E-state index in [0.29, 0.717) is 22.4 Å². The van der Waals surface area contributed by atoms with Crippen molar-refractivity contribution in [1.82, 2.24) is 19.6 Å². The summed E-state index contributed by atoms with van der Waals surface area (Å²) < 4.78 is 20.6. The van der Waals surface area contributed by atoms with E-state index in [-0.39, 0.29) is 5.75 Å². The zero-order valence-corrected chi connectivity index (χ0v) is 11.7. The molecule has 0 unspecified atom stereocenters. The van der Waals surface area contributed by atoms with Crippen molar-refractivity contribution in [1.29, 1.82) is 0 Å². The molecule has 5 nitrogen and oxygen atoms in total. The van der Waals surface area contributed by atoms with Crippen molar-refractivity contribution in [3.8, 4) is 17.3 Å². The van der Waals surface area contributed by atoms with E-state index < -0.39 is 5.82 Å². The second-order valence-corrected chi connectivity index (χ2v) is 4.83. The number of rotatable bonds is 2. The van der Waals surface area contributed by atoms with Crippen LogP contribution in [0.15, 0.2) is 48.7 Å². The van der Waals surface area contributed by atoms with E-state index >= 15 is 0 Å². The average Bonchev–Trinajstić information content (AvgIpc) is 2.98. The Balaban J connectivity index is 1.94. The lowest BCUT2D eigenvalue weighted by atomic mass is 10.2. The second-order valence-electron chi connectivity index (χ2n) is 4.83. The van der Waals surface area contributed by atoms with Crippen LogP contribution in [0, 0.1) is 5.82 Å². The molecule has 0 bridgehead atoms. The van der Waals surface area contributed by atoms with Crippen LogP contribution in [-0.4, -0.2) is 26.7 Å². The number of halogens is 1. The molecule has 0 amide bonds. The molecule has 108 valence electrons. The van der Waals surface area contributed by atoms with Gasteiger partial charge in [-0.25, -0.2) is 9.37 Å². The number of benzene rings is 1. The highest BCUT2D eigenvalue weighted by molar-refractivity contribution is 5.82. The summed E-state index contributed by atoms with van der Waals surface area (Å²) in [5.74, 6) is 0.404. The second kappa shape index (κ2) is 4.77. The van der Waals surface area contributed by atoms with Gasteiger partial charge in [0, 0.05) is 17.6 Å². The summed E-state index contributed by atoms with van der Waals surface area (Å²) in [6, 6.07) is 12.3. The first-order chi connectivity index (χ1) is 10.8. The third-order valence-corrected chi connectivity index (χ3v) is 3.51. The van der Waals surface area contributed by atoms with Gasteiger partial charge in [-0.2, -0.15) is 0 Å². The predicted octanol–water partition coefficient (Wildman–Crippen LogP) is 3.09. The Morgan fingerprint density at radius 2 is 2.00 bits per heavy atom. The predicted molar refractivity (Wildman–Crippen MR) is 80.2 cm³/mol. The third-order valence-electron chi connectivity index (χ3n) is 3.51. The number of nitrogens with zero attached hydrogens (tertiary/aromatic N) is 4. The van der Waals surface area contributed by atoms with Gasteiger partial charge < -0.3 is 4.74 Å². The Bertz CT molecular complexity index is 996. The van der Waals surface area contributed by atoms with Crippen LogP contribution in [0.4, 0.5) is 4.39 Å². The Kier molecular flexibility index (Phi) is 2.75. The Morgan fingerprint density at radius 3 is 2.86 bits per heavy atom. The summed E-state index contributed by atoms with van der Waals surface area (Å²) in [5, 5.41) is 8.99. The standard InChI is InChI=1S/C16H11FN4O/c1-22-14-9-13-10(8-11(14)17)5-6-12(18-13)16-20-19-15-4-2-3-7-21(15)16/h2-9H,1H3. The SMILES string of the molecule is COc1cc2nc(-c3nnc4ccccn34)ccc2cc1F. The number of hydrogen-bond donors (Lipinski definition) is 0. The average molecular weight is 294 g/mol. The maximum Gasteiger partial charge on any atom is 0.187 e. The fraction of sp³-hybridized carbons (Fsp3) is 0.0625. The van der Waals surface area contributed by atoms with Crippen molar-refractivity contribution < 1.29 is 9.13 Å². The molecule has 0 aliphatic carbocycles. The molecule has 6 heteroatoms. The minimum Gasteiger partial charge on any atom is -0.494 e. The molecule has 4 aromatic rings. The van der Waals surface area contributed by atoms with Crippen molar-refractivity contribution in [2.24, 2.45) is 0 Å². The fourth-order valence-corrected chi connectivity index (χ4v) is 2.42. The highest BCUT2D eigenvalue weighted by atomic mass is 19.1. The zero-order valence-electron chi connectivity index (χ0n) is 11.7. The number of methoxy groups -OCH3 is 1. The molecule has 0 aliphatic rings. The van der Waals surface area contributed by atoms with Crippen LogP contribution < -0.4 is 4.74 Å². The molecule has 0 radical (unpaired) electrons. The van der Waals surface area contributed by atoms with Gasteiger partial charge in [0.2, 0.25) is 0 Å². The van der Waals surface area contributed by atoms with E-state index in [4.69, 9.17) is 4.74 Å². The molecule has 0 atom stereocenters. The van der Waals surface area contributed by atoms with Gasteiger partial charge in [-0.05, 0) is 24.3 Å². The summed E-state index contributed by atoms with van der Waals surface area (Å²) in [6.07, 6.45) is 1.88. The minimum atomic E-state index is -0.405. The van der Waals surface area contributed by atoms with Crippen LogP contribution in [-0.2, 0) is 0 Å². The molecule has 4 rings (SSSR count). The number of ether oxygens (including phenoxy) is 1. The topological polar surface area (TPSA) is 52.3 Å². The highest BCUT2D eigenvalue weighted by Gasteiger charge is 2.11. The van der Waals surface area contributed by atoms with Crippen molar-refractivity contribution in [2.75, 3.05) is 7.11 Å². The van der Waals surface area contributed by atoms with Crippen LogP contribution >= 0.6 is 0 Å². The molecular weight excluding hydrogens is 283 g/mol. The number of fused-ring (bicyclic) bond motifs is 2. The fourth-order valence-electron chi connectivity index (χ4n) is 2.42. The maximum absolute atomic E-state index is 13.7. The summed E-state index contributed by atoms with van der Waals surface area (Å²) in [7, 11) is 1.43. The summed E-state index contributed by atoms with van der Waals surface area (Å²) in [6.45, 7) is 0. The van der Waals surface area contributed by atoms with E-state index in [0.717, 1.165) is 5.65 Å². The quantitative estimate of drug-likeness (QED) is 0.570. The van der Waals surface area contributed by atoms with Crippen molar-refractivity contribution >= 4 is 16.6 Å². The molecule has 0 saturated carbocycles. The van der Waals surface area contributed by atoms with Crippen molar-refractivity contribution in [3.05, 3.63) is 54.5 Å². The van der Waals surface area contributed by atoms with Crippen LogP contribution in [0.1, 0.15) is 0 Å². The van der Waals surface area contributed by atoms with Gasteiger partial charge in [0.25, 0.3) is 0 Å². The maximum atomic E-state index is 13.7. The van der Waals surface area contributed by atoms with Gasteiger partial charge in [-0.15, -0.1) is 10.2 Å². The number of pyridine rings is 2. The first kappa shape index (κ1) is 12.7. The Hall–Kier alpha value is -3.02. The number of hydrogen-bond acceptors (Lipinski definition) is 4. The van der Waals surface area contributed by atoms with E-state index in [2.05, 4.69) is 15.2 Å². The van der Waals surface area contributed by atoms with E-state index in [1.54, 1.807) is 12.1 Å². The van der Waals surface area contributed by atoms with Gasteiger partial charge >= 0.3 is 0 Å². The van der Waals surface area contributed by atoms with Crippen LogP contribution in [0.5, 0.6) is 5.75 Å². The minimum absolute atomic E-state index is 0.170. The van der Waals surface area contributed by atoms with E-state index in [9.17, 15) is 4.39 Å². The lowest BCUT2D eigenvalue weighted by Crippen LogP contribution is -1.94. The molecule has 1 aromatic carbocycles. The van der Waals surface area contributed by atoms with Gasteiger partial charge in [-0.1, -0.05) is 12.1 Å². The first-order valence-corrected chi connectivity index (χ1v) is 6.71. The molecule has 0 N–H and O–H groups in total. The Morgan fingerprint density at radius 1 is 1.09 bits per heavy atom. The normalized spacial score (nSPS) is 11.2. The molecule has 0 aliphatic heterocycles. The monoisotopic (exact) mass is 294 g/mol. The van der Waals surface area contributed by atoms with Crippen LogP contribution in [0.25, 0.3) is 28.1 Å².